The van der Waals surface area contributed by atoms with Gasteiger partial charge in [0.15, 0.2) is 5.17 Å². The van der Waals surface area contributed by atoms with Gasteiger partial charge in [0.05, 0.1) is 11.7 Å². The summed E-state index contributed by atoms with van der Waals surface area (Å²) in [5.74, 6) is 0. The number of hydrogen-bond acceptors (Lipinski definition) is 4. The molecular weight excluding hydrogens is 304 g/mol. The van der Waals surface area contributed by atoms with Gasteiger partial charge in [0.1, 0.15) is 6.04 Å². The number of thioether (sulfide) groups is 1. The molecule has 0 aliphatic carbocycles. The van der Waals surface area contributed by atoms with Gasteiger partial charge in [0, 0.05) is 36.4 Å². The van der Waals surface area contributed by atoms with E-state index < -0.39 is 0 Å². The van der Waals surface area contributed by atoms with E-state index >= 15 is 0 Å². The van der Waals surface area contributed by atoms with Crippen LogP contribution in [0.2, 0.25) is 0 Å². The molecule has 0 unspecified atom stereocenters. The van der Waals surface area contributed by atoms with Crippen LogP contribution in [0.15, 0.2) is 47.8 Å². The molecule has 120 valence electrons. The Morgan fingerprint density at radius 2 is 2.13 bits per heavy atom. The lowest BCUT2D eigenvalue weighted by Crippen LogP contribution is -2.28. The zero-order valence-corrected chi connectivity index (χ0v) is 14.6. The molecule has 2 aromatic rings. The third kappa shape index (κ3) is 2.57. The molecule has 1 saturated heterocycles. The second-order valence-corrected chi connectivity index (χ2v) is 8.03. The van der Waals surface area contributed by atoms with Gasteiger partial charge in [-0.15, -0.1) is 0 Å². The molecule has 0 radical (unpaired) electrons. The minimum absolute atomic E-state index is 0.0919. The van der Waals surface area contributed by atoms with Gasteiger partial charge >= 0.3 is 0 Å². The van der Waals surface area contributed by atoms with Gasteiger partial charge in [-0.05, 0) is 37.6 Å². The second kappa shape index (κ2) is 5.71. The predicted octanol–water partition coefficient (Wildman–Crippen LogP) is 4.05. The third-order valence-electron chi connectivity index (χ3n) is 4.56. The summed E-state index contributed by atoms with van der Waals surface area (Å²) in [6.45, 7) is 7.76. The molecule has 0 saturated carbocycles. The molecule has 3 atom stereocenters. The van der Waals surface area contributed by atoms with E-state index in [-0.39, 0.29) is 12.1 Å². The standard InChI is InChI=1S/C18H22N4S/c1-12(2)21-9-7-14(11-21)17-16(15-6-4-5-8-19-15)20-18-22(17)10-13(3)23-18/h4-9,11-13,16-17H,10H2,1-3H3/t13-,16+,17-/m1/s1. The average molecular weight is 326 g/mol. The fourth-order valence-electron chi connectivity index (χ4n) is 3.40. The molecule has 2 aliphatic heterocycles. The molecule has 0 amide bonds. The molecule has 0 N–H and O–H groups in total. The summed E-state index contributed by atoms with van der Waals surface area (Å²) >= 11 is 1.89. The Morgan fingerprint density at radius 1 is 1.26 bits per heavy atom. The van der Waals surface area contributed by atoms with Crippen molar-refractivity contribution in [2.75, 3.05) is 6.54 Å². The van der Waals surface area contributed by atoms with Crippen LogP contribution >= 0.6 is 11.8 Å². The Balaban J connectivity index is 1.74. The number of aliphatic imine (C=N–C) groups is 1. The molecule has 23 heavy (non-hydrogen) atoms. The highest BCUT2D eigenvalue weighted by molar-refractivity contribution is 8.14. The topological polar surface area (TPSA) is 33.4 Å². The van der Waals surface area contributed by atoms with Crippen molar-refractivity contribution in [3.8, 4) is 0 Å². The number of fused-ring (bicyclic) bond motifs is 1. The van der Waals surface area contributed by atoms with E-state index in [1.54, 1.807) is 0 Å². The minimum Gasteiger partial charge on any atom is -0.351 e. The van der Waals surface area contributed by atoms with Crippen molar-refractivity contribution >= 4 is 16.9 Å². The van der Waals surface area contributed by atoms with Gasteiger partial charge in [-0.1, -0.05) is 24.8 Å². The van der Waals surface area contributed by atoms with Gasteiger partial charge < -0.3 is 9.47 Å². The normalized spacial score (nSPS) is 26.7. The molecule has 0 aromatic carbocycles. The van der Waals surface area contributed by atoms with Gasteiger partial charge in [0.25, 0.3) is 0 Å². The molecule has 5 heteroatoms. The number of aromatic nitrogens is 2. The molecule has 4 rings (SSSR count). The molecule has 4 nitrogen and oxygen atoms in total. The SMILES string of the molecule is CC(C)n1ccc([C@@H]2[C@H](c3ccccn3)N=C3S[C@H](C)CN32)c1. The number of rotatable bonds is 3. The summed E-state index contributed by atoms with van der Waals surface area (Å²) in [4.78, 5) is 12.1. The highest BCUT2D eigenvalue weighted by Gasteiger charge is 2.43. The number of pyridine rings is 1. The van der Waals surface area contributed by atoms with Crippen molar-refractivity contribution in [1.29, 1.82) is 0 Å². The van der Waals surface area contributed by atoms with Crippen LogP contribution in [-0.4, -0.2) is 31.4 Å². The van der Waals surface area contributed by atoms with Crippen molar-refractivity contribution in [3.63, 3.8) is 0 Å². The van der Waals surface area contributed by atoms with E-state index in [1.165, 1.54) is 10.7 Å². The minimum atomic E-state index is 0.0919. The molecule has 1 fully saturated rings. The molecule has 0 spiro atoms. The third-order valence-corrected chi connectivity index (χ3v) is 5.66. The van der Waals surface area contributed by atoms with E-state index in [4.69, 9.17) is 4.99 Å². The lowest BCUT2D eigenvalue weighted by molar-refractivity contribution is 0.321. The first kappa shape index (κ1) is 14.8. The Bertz CT molecular complexity index is 722. The van der Waals surface area contributed by atoms with Gasteiger partial charge in [-0.25, -0.2) is 0 Å². The lowest BCUT2D eigenvalue weighted by atomic mass is 9.99. The first-order valence-corrected chi connectivity index (χ1v) is 9.11. The molecule has 0 bridgehead atoms. The summed E-state index contributed by atoms with van der Waals surface area (Å²) in [7, 11) is 0. The summed E-state index contributed by atoms with van der Waals surface area (Å²) in [5, 5.41) is 1.78. The molecule has 2 aromatic heterocycles. The molecular formula is C18H22N4S. The van der Waals surface area contributed by atoms with E-state index in [9.17, 15) is 0 Å². The monoisotopic (exact) mass is 326 g/mol. The summed E-state index contributed by atoms with van der Waals surface area (Å²) in [6.07, 6.45) is 6.32. The van der Waals surface area contributed by atoms with Gasteiger partial charge in [0.2, 0.25) is 0 Å². The highest BCUT2D eigenvalue weighted by atomic mass is 32.2. The predicted molar refractivity (Wildman–Crippen MR) is 95.7 cm³/mol. The fraction of sp³-hybridized carbons (Fsp3) is 0.444. The zero-order chi connectivity index (χ0) is 16.0. The van der Waals surface area contributed by atoms with E-state index in [0.29, 0.717) is 11.3 Å². The van der Waals surface area contributed by atoms with Gasteiger partial charge in [-0.2, -0.15) is 0 Å². The lowest BCUT2D eigenvalue weighted by Gasteiger charge is -2.26. The average Bonchev–Trinajstić information content (AvgIpc) is 3.21. The quantitative estimate of drug-likeness (QED) is 0.853. The maximum absolute atomic E-state index is 5.02. The van der Waals surface area contributed by atoms with Crippen LogP contribution in [-0.2, 0) is 0 Å². The zero-order valence-electron chi connectivity index (χ0n) is 13.8. The second-order valence-electron chi connectivity index (χ2n) is 6.62. The number of nitrogens with zero attached hydrogens (tertiary/aromatic N) is 4. The largest absolute Gasteiger partial charge is 0.351 e. The van der Waals surface area contributed by atoms with E-state index in [1.807, 2.05) is 24.0 Å². The first-order chi connectivity index (χ1) is 11.1. The smallest absolute Gasteiger partial charge is 0.160 e. The molecule has 2 aliphatic rings. The van der Waals surface area contributed by atoms with Crippen LogP contribution in [0.1, 0.15) is 50.2 Å². The van der Waals surface area contributed by atoms with E-state index in [2.05, 4.69) is 65.8 Å². The van der Waals surface area contributed by atoms with Crippen LogP contribution in [0.4, 0.5) is 0 Å². The Kier molecular flexibility index (Phi) is 3.68. The van der Waals surface area contributed by atoms with Crippen molar-refractivity contribution in [2.24, 2.45) is 4.99 Å². The Hall–Kier alpha value is -1.75. The van der Waals surface area contributed by atoms with Crippen molar-refractivity contribution in [3.05, 3.63) is 54.1 Å². The van der Waals surface area contributed by atoms with E-state index in [0.717, 1.165) is 12.2 Å². The van der Waals surface area contributed by atoms with Crippen LogP contribution in [0.25, 0.3) is 0 Å². The first-order valence-electron chi connectivity index (χ1n) is 8.23. The van der Waals surface area contributed by atoms with Gasteiger partial charge in [-0.3, -0.25) is 9.98 Å². The Labute approximate surface area is 141 Å². The fourth-order valence-corrected chi connectivity index (χ4v) is 4.50. The maximum atomic E-state index is 5.02. The highest BCUT2D eigenvalue weighted by Crippen LogP contribution is 2.47. The maximum Gasteiger partial charge on any atom is 0.160 e. The van der Waals surface area contributed by atoms with Crippen LogP contribution in [0.5, 0.6) is 0 Å². The van der Waals surface area contributed by atoms with Crippen molar-refractivity contribution < 1.29 is 0 Å². The Morgan fingerprint density at radius 3 is 2.83 bits per heavy atom. The summed E-state index contributed by atoms with van der Waals surface area (Å²) in [5.41, 5.74) is 2.40. The summed E-state index contributed by atoms with van der Waals surface area (Å²) in [6, 6.07) is 9.19. The van der Waals surface area contributed by atoms with Crippen LogP contribution in [0, 0.1) is 0 Å². The van der Waals surface area contributed by atoms with Crippen LogP contribution in [0.3, 0.4) is 0 Å². The number of amidine groups is 1. The van der Waals surface area contributed by atoms with Crippen molar-refractivity contribution in [2.45, 2.75) is 44.1 Å². The summed E-state index contributed by atoms with van der Waals surface area (Å²) < 4.78 is 2.27. The van der Waals surface area contributed by atoms with Crippen LogP contribution < -0.4 is 0 Å². The number of hydrogen-bond donors (Lipinski definition) is 0. The molecule has 4 heterocycles. The van der Waals surface area contributed by atoms with Crippen molar-refractivity contribution in [1.82, 2.24) is 14.5 Å².